The average Bonchev–Trinajstić information content (AvgIpc) is 2.68. The van der Waals surface area contributed by atoms with Crippen molar-refractivity contribution >= 4 is 5.91 Å². The third-order valence-electron chi connectivity index (χ3n) is 2.40. The lowest BCUT2D eigenvalue weighted by Gasteiger charge is -2.06. The molecular formula is C11H20N4O. The number of nitrogens with zero attached hydrogens (tertiary/aromatic N) is 2. The molecule has 0 aromatic carbocycles. The van der Waals surface area contributed by atoms with Gasteiger partial charge in [0.05, 0.1) is 5.69 Å². The molecule has 0 fully saturated rings. The van der Waals surface area contributed by atoms with E-state index in [2.05, 4.69) is 30.3 Å². The van der Waals surface area contributed by atoms with Gasteiger partial charge in [-0.15, -0.1) is 0 Å². The summed E-state index contributed by atoms with van der Waals surface area (Å²) in [5.74, 6) is -0.0362. The molecule has 0 saturated carbocycles. The van der Waals surface area contributed by atoms with Crippen LogP contribution in [0.4, 0.5) is 0 Å². The Bertz CT molecular complexity index is 346. The summed E-state index contributed by atoms with van der Waals surface area (Å²) in [6.07, 6.45) is 1.78. The fraction of sp³-hybridized carbons (Fsp3) is 0.636. The Balaban J connectivity index is 2.64. The van der Waals surface area contributed by atoms with Crippen molar-refractivity contribution in [1.82, 2.24) is 15.1 Å². The first-order valence-corrected chi connectivity index (χ1v) is 5.73. The monoisotopic (exact) mass is 224 g/mol. The van der Waals surface area contributed by atoms with E-state index in [1.165, 1.54) is 0 Å². The van der Waals surface area contributed by atoms with Crippen molar-refractivity contribution in [3.8, 4) is 0 Å². The topological polar surface area (TPSA) is 72.9 Å². The van der Waals surface area contributed by atoms with Crippen LogP contribution in [0.15, 0.2) is 6.07 Å². The van der Waals surface area contributed by atoms with Crippen molar-refractivity contribution < 1.29 is 4.79 Å². The number of hydrogen-bond acceptors (Lipinski definition) is 3. The Kier molecular flexibility index (Phi) is 4.98. The first kappa shape index (κ1) is 12.7. The zero-order chi connectivity index (χ0) is 12.0. The van der Waals surface area contributed by atoms with Gasteiger partial charge >= 0.3 is 0 Å². The van der Waals surface area contributed by atoms with Crippen molar-refractivity contribution in [2.45, 2.75) is 33.2 Å². The molecule has 0 saturated heterocycles. The number of carbonyl (C=O) groups is 1. The molecular weight excluding hydrogens is 204 g/mol. The predicted octanol–water partition coefficient (Wildman–Crippen LogP) is 0.0828. The van der Waals surface area contributed by atoms with Gasteiger partial charge in [-0.2, -0.15) is 5.10 Å². The molecule has 5 nitrogen and oxygen atoms in total. The van der Waals surface area contributed by atoms with Crippen LogP contribution in [0.5, 0.6) is 0 Å². The highest BCUT2D eigenvalue weighted by atomic mass is 16.2. The van der Waals surface area contributed by atoms with Crippen LogP contribution in [0.25, 0.3) is 0 Å². The van der Waals surface area contributed by atoms with Crippen molar-refractivity contribution in [2.24, 2.45) is 5.73 Å². The lowest BCUT2D eigenvalue weighted by Crippen LogP contribution is -2.32. The molecule has 3 N–H and O–H groups in total. The third-order valence-corrected chi connectivity index (χ3v) is 2.40. The second-order valence-electron chi connectivity index (χ2n) is 3.63. The molecule has 0 spiro atoms. The summed E-state index contributed by atoms with van der Waals surface area (Å²) in [6.45, 7) is 5.38. The maximum atomic E-state index is 11.5. The first-order chi connectivity index (χ1) is 7.71. The van der Waals surface area contributed by atoms with Crippen LogP contribution in [0.3, 0.4) is 0 Å². The number of carbonyl (C=O) groups excluding carboxylic acids is 1. The smallest absolute Gasteiger partial charge is 0.241 e. The van der Waals surface area contributed by atoms with Crippen molar-refractivity contribution in [1.29, 1.82) is 0 Å². The van der Waals surface area contributed by atoms with E-state index in [0.717, 1.165) is 24.2 Å². The van der Waals surface area contributed by atoms with Crippen LogP contribution in [-0.2, 0) is 24.2 Å². The van der Waals surface area contributed by atoms with Gasteiger partial charge in [0.15, 0.2) is 0 Å². The largest absolute Gasteiger partial charge is 0.353 e. The highest BCUT2D eigenvalue weighted by molar-refractivity contribution is 5.75. The number of rotatable bonds is 6. The minimum Gasteiger partial charge on any atom is -0.353 e. The number of aromatic nitrogens is 2. The standard InChI is InChI=1S/C11H20N4O/c1-3-9-7-10(4-2)15(14-9)8-11(16)13-6-5-12/h7H,3-6,8,12H2,1-2H3,(H,13,16). The maximum Gasteiger partial charge on any atom is 0.241 e. The van der Waals surface area contributed by atoms with Crippen molar-refractivity contribution in [3.63, 3.8) is 0 Å². The molecule has 16 heavy (non-hydrogen) atoms. The normalized spacial score (nSPS) is 10.4. The van der Waals surface area contributed by atoms with E-state index in [4.69, 9.17) is 5.73 Å². The van der Waals surface area contributed by atoms with E-state index in [-0.39, 0.29) is 12.5 Å². The number of amides is 1. The summed E-state index contributed by atoms with van der Waals surface area (Å²) in [5.41, 5.74) is 7.44. The van der Waals surface area contributed by atoms with Crippen LogP contribution in [0.2, 0.25) is 0 Å². The van der Waals surface area contributed by atoms with Crippen LogP contribution < -0.4 is 11.1 Å². The minimum atomic E-state index is -0.0362. The van der Waals surface area contributed by atoms with E-state index in [9.17, 15) is 4.79 Å². The molecule has 0 aliphatic heterocycles. The maximum absolute atomic E-state index is 11.5. The molecule has 0 bridgehead atoms. The average molecular weight is 224 g/mol. The lowest BCUT2D eigenvalue weighted by atomic mass is 10.2. The van der Waals surface area contributed by atoms with Crippen LogP contribution in [0.1, 0.15) is 25.2 Å². The molecule has 90 valence electrons. The molecule has 1 aromatic heterocycles. The van der Waals surface area contributed by atoms with Crippen LogP contribution in [0, 0.1) is 0 Å². The summed E-state index contributed by atoms with van der Waals surface area (Å²) in [7, 11) is 0. The van der Waals surface area contributed by atoms with E-state index in [0.29, 0.717) is 13.1 Å². The van der Waals surface area contributed by atoms with Gasteiger partial charge in [0.25, 0.3) is 0 Å². The molecule has 1 amide bonds. The molecule has 0 aliphatic rings. The number of nitrogens with two attached hydrogens (primary N) is 1. The molecule has 0 unspecified atom stereocenters. The lowest BCUT2D eigenvalue weighted by molar-refractivity contribution is -0.121. The van der Waals surface area contributed by atoms with Gasteiger partial charge in [-0.1, -0.05) is 13.8 Å². The van der Waals surface area contributed by atoms with Gasteiger partial charge in [-0.25, -0.2) is 0 Å². The molecule has 0 atom stereocenters. The molecule has 1 heterocycles. The highest BCUT2D eigenvalue weighted by Gasteiger charge is 2.08. The quantitative estimate of drug-likeness (QED) is 0.719. The van der Waals surface area contributed by atoms with E-state index in [1.54, 1.807) is 4.68 Å². The predicted molar refractivity (Wildman–Crippen MR) is 63.0 cm³/mol. The summed E-state index contributed by atoms with van der Waals surface area (Å²) in [5, 5.41) is 7.11. The summed E-state index contributed by atoms with van der Waals surface area (Å²) < 4.78 is 1.77. The van der Waals surface area contributed by atoms with Gasteiger partial charge in [0.1, 0.15) is 6.54 Å². The van der Waals surface area contributed by atoms with Gasteiger partial charge < -0.3 is 11.1 Å². The van der Waals surface area contributed by atoms with Gasteiger partial charge in [0, 0.05) is 18.8 Å². The molecule has 0 aliphatic carbocycles. The van der Waals surface area contributed by atoms with E-state index >= 15 is 0 Å². The fourth-order valence-electron chi connectivity index (χ4n) is 1.51. The highest BCUT2D eigenvalue weighted by Crippen LogP contribution is 2.05. The van der Waals surface area contributed by atoms with Gasteiger partial charge in [0.2, 0.25) is 5.91 Å². The third kappa shape index (κ3) is 3.34. The number of nitrogens with one attached hydrogen (secondary N) is 1. The number of aryl methyl sites for hydroxylation is 2. The zero-order valence-electron chi connectivity index (χ0n) is 9.99. The first-order valence-electron chi connectivity index (χ1n) is 5.73. The van der Waals surface area contributed by atoms with Crippen molar-refractivity contribution in [3.05, 3.63) is 17.5 Å². The summed E-state index contributed by atoms with van der Waals surface area (Å²) in [6, 6.07) is 2.05. The molecule has 0 radical (unpaired) electrons. The summed E-state index contributed by atoms with van der Waals surface area (Å²) >= 11 is 0. The van der Waals surface area contributed by atoms with E-state index in [1.807, 2.05) is 0 Å². The SMILES string of the molecule is CCc1cc(CC)n(CC(=O)NCCN)n1. The van der Waals surface area contributed by atoms with Crippen molar-refractivity contribution in [2.75, 3.05) is 13.1 Å². The van der Waals surface area contributed by atoms with Crippen LogP contribution >= 0.6 is 0 Å². The second kappa shape index (κ2) is 6.27. The Labute approximate surface area is 96.0 Å². The van der Waals surface area contributed by atoms with E-state index < -0.39 is 0 Å². The molecule has 1 aromatic rings. The number of hydrogen-bond donors (Lipinski definition) is 2. The van der Waals surface area contributed by atoms with Gasteiger partial charge in [-0.3, -0.25) is 9.48 Å². The summed E-state index contributed by atoms with van der Waals surface area (Å²) in [4.78, 5) is 11.5. The fourth-order valence-corrected chi connectivity index (χ4v) is 1.51. The molecule has 5 heteroatoms. The molecule has 1 rings (SSSR count). The van der Waals surface area contributed by atoms with Gasteiger partial charge in [-0.05, 0) is 18.9 Å². The zero-order valence-corrected chi connectivity index (χ0v) is 9.99. The Morgan fingerprint density at radius 3 is 2.81 bits per heavy atom. The Morgan fingerprint density at radius 2 is 2.25 bits per heavy atom. The minimum absolute atomic E-state index is 0.0362. The Morgan fingerprint density at radius 1 is 1.50 bits per heavy atom. The second-order valence-corrected chi connectivity index (χ2v) is 3.63. The Hall–Kier alpha value is -1.36. The van der Waals surface area contributed by atoms with Crippen LogP contribution in [-0.4, -0.2) is 28.8 Å².